The fourth-order valence-corrected chi connectivity index (χ4v) is 6.27. The van der Waals surface area contributed by atoms with Gasteiger partial charge in [0.1, 0.15) is 0 Å². The number of carboxylic acids is 2. The van der Waals surface area contributed by atoms with E-state index in [1.54, 1.807) is 12.2 Å². The van der Waals surface area contributed by atoms with Gasteiger partial charge in [-0.2, -0.15) is 0 Å². The zero-order chi connectivity index (χ0) is 38.1. The molecule has 0 atom stereocenters. The predicted molar refractivity (Wildman–Crippen MR) is 223 cm³/mol. The molecule has 0 aliphatic rings. The summed E-state index contributed by atoms with van der Waals surface area (Å²) in [7, 11) is 0. The normalized spacial score (nSPS) is 12.1. The first-order valence-corrected chi connectivity index (χ1v) is 18.0. The molecule has 53 heavy (non-hydrogen) atoms. The zero-order valence-corrected chi connectivity index (χ0v) is 31.4. The van der Waals surface area contributed by atoms with E-state index in [4.69, 9.17) is 0 Å². The van der Waals surface area contributed by atoms with Gasteiger partial charge in [0, 0.05) is 28.2 Å². The minimum atomic E-state index is -0.883. The Labute approximate surface area is 313 Å². The van der Waals surface area contributed by atoms with Gasteiger partial charge in [0.05, 0.1) is 0 Å². The van der Waals surface area contributed by atoms with E-state index in [0.717, 1.165) is 61.6 Å². The van der Waals surface area contributed by atoms with Crippen molar-refractivity contribution in [2.45, 2.75) is 54.4 Å². The molecule has 5 rings (SSSR count). The van der Waals surface area contributed by atoms with E-state index in [-0.39, 0.29) is 0 Å². The Morgan fingerprint density at radius 2 is 0.925 bits per heavy atom. The van der Waals surface area contributed by atoms with Gasteiger partial charge in [0.2, 0.25) is 0 Å². The zero-order valence-electron chi connectivity index (χ0n) is 31.4. The summed E-state index contributed by atoms with van der Waals surface area (Å²) in [5.74, 6) is -1.77. The molecule has 5 aromatic carbocycles. The highest BCUT2D eigenvalue weighted by molar-refractivity contribution is 5.93. The minimum Gasteiger partial charge on any atom is -0.478 e. The number of hydrogen-bond acceptors (Lipinski definition) is 3. The van der Waals surface area contributed by atoms with Crippen molar-refractivity contribution in [3.8, 4) is 0 Å². The fraction of sp³-hybridized carbons (Fsp3) is 0.167. The monoisotopic (exact) mass is 701 g/mol. The Kier molecular flexibility index (Phi) is 12.4. The minimum absolute atomic E-state index is 0.389. The van der Waals surface area contributed by atoms with Gasteiger partial charge in [0.25, 0.3) is 0 Å². The molecule has 0 saturated heterocycles. The van der Waals surface area contributed by atoms with Gasteiger partial charge < -0.3 is 15.1 Å². The van der Waals surface area contributed by atoms with Crippen molar-refractivity contribution in [1.29, 1.82) is 0 Å². The molecule has 2 N–H and O–H groups in total. The van der Waals surface area contributed by atoms with Crippen LogP contribution in [0.1, 0.15) is 82.3 Å². The maximum Gasteiger partial charge on any atom is 0.331 e. The van der Waals surface area contributed by atoms with Gasteiger partial charge in [-0.15, -0.1) is 0 Å². The third kappa shape index (κ3) is 9.78. The molecule has 0 fully saturated rings. The number of rotatable bonds is 13. The second-order valence-electron chi connectivity index (χ2n) is 13.4. The molecular formula is C48H47NO4. The average Bonchev–Trinajstić information content (AvgIpc) is 3.14. The van der Waals surface area contributed by atoms with E-state index >= 15 is 0 Å². The maximum absolute atomic E-state index is 11.4. The first-order chi connectivity index (χ1) is 25.4. The van der Waals surface area contributed by atoms with Crippen LogP contribution >= 0.6 is 0 Å². The highest BCUT2D eigenvalue weighted by Crippen LogP contribution is 2.38. The molecule has 0 radical (unpaired) electrons. The number of carbonyl (C=O) groups is 2. The SMILES string of the molecule is CC/C(=C\c1ccc(/C=C/c2ccc(N(c3ccc(/C=C/c4ccc(/C=C(\CC)C(=O)O)cc4)c(C)c3)c3ccc(C)cc3C)cc2C)cc1)C(=O)O. The van der Waals surface area contributed by atoms with Crippen LogP contribution in [0.3, 0.4) is 0 Å². The molecule has 0 unspecified atom stereocenters. The van der Waals surface area contributed by atoms with Gasteiger partial charge in [-0.3, -0.25) is 0 Å². The van der Waals surface area contributed by atoms with Gasteiger partial charge in [-0.05, 0) is 133 Å². The predicted octanol–water partition coefficient (Wildman–Crippen LogP) is 12.5. The smallest absolute Gasteiger partial charge is 0.331 e. The molecular weight excluding hydrogens is 655 g/mol. The molecule has 268 valence electrons. The molecule has 0 heterocycles. The number of hydrogen-bond donors (Lipinski definition) is 2. The molecule has 5 aromatic rings. The third-order valence-electron chi connectivity index (χ3n) is 9.39. The van der Waals surface area contributed by atoms with Crippen LogP contribution in [0.25, 0.3) is 36.5 Å². The van der Waals surface area contributed by atoms with Crippen LogP contribution in [0.2, 0.25) is 0 Å². The summed E-state index contributed by atoms with van der Waals surface area (Å²) in [4.78, 5) is 25.1. The van der Waals surface area contributed by atoms with Gasteiger partial charge in [-0.1, -0.05) is 117 Å². The van der Waals surface area contributed by atoms with E-state index in [0.29, 0.717) is 24.0 Å². The maximum atomic E-state index is 11.4. The summed E-state index contributed by atoms with van der Waals surface area (Å²) in [6, 6.07) is 35.5. The van der Waals surface area contributed by atoms with Crippen molar-refractivity contribution in [3.63, 3.8) is 0 Å². The third-order valence-corrected chi connectivity index (χ3v) is 9.39. The average molecular weight is 702 g/mol. The lowest BCUT2D eigenvalue weighted by Crippen LogP contribution is -2.12. The van der Waals surface area contributed by atoms with E-state index in [1.165, 1.54) is 11.1 Å². The van der Waals surface area contributed by atoms with Crippen molar-refractivity contribution in [2.75, 3.05) is 4.90 Å². The molecule has 0 aromatic heterocycles. The molecule has 5 nitrogen and oxygen atoms in total. The van der Waals surface area contributed by atoms with Crippen LogP contribution in [0, 0.1) is 27.7 Å². The van der Waals surface area contributed by atoms with Crippen LogP contribution in [0.4, 0.5) is 17.1 Å². The molecule has 0 aliphatic carbocycles. The molecule has 0 aliphatic heterocycles. The van der Waals surface area contributed by atoms with Crippen LogP contribution in [0.15, 0.2) is 114 Å². The van der Waals surface area contributed by atoms with Crippen molar-refractivity contribution < 1.29 is 19.8 Å². The van der Waals surface area contributed by atoms with Crippen LogP contribution in [0.5, 0.6) is 0 Å². The van der Waals surface area contributed by atoms with Crippen molar-refractivity contribution in [2.24, 2.45) is 0 Å². The van der Waals surface area contributed by atoms with Crippen molar-refractivity contribution >= 4 is 65.5 Å². The summed E-state index contributed by atoms with van der Waals surface area (Å²) >= 11 is 0. The lowest BCUT2D eigenvalue weighted by Gasteiger charge is -2.28. The number of nitrogens with zero attached hydrogens (tertiary/aromatic N) is 1. The highest BCUT2D eigenvalue weighted by atomic mass is 16.4. The number of aliphatic carboxylic acids is 2. The largest absolute Gasteiger partial charge is 0.478 e. The second-order valence-corrected chi connectivity index (χ2v) is 13.4. The van der Waals surface area contributed by atoms with Crippen molar-refractivity contribution in [3.05, 3.63) is 170 Å². The van der Waals surface area contributed by atoms with E-state index < -0.39 is 11.9 Å². The summed E-state index contributed by atoms with van der Waals surface area (Å²) in [5, 5.41) is 18.7. The van der Waals surface area contributed by atoms with Crippen LogP contribution in [-0.2, 0) is 9.59 Å². The lowest BCUT2D eigenvalue weighted by molar-refractivity contribution is -0.133. The first kappa shape index (κ1) is 38.0. The van der Waals surface area contributed by atoms with Gasteiger partial charge in [0.15, 0.2) is 0 Å². The Hall–Kier alpha value is -6.20. The molecule has 5 heteroatoms. The second kappa shape index (κ2) is 17.3. The van der Waals surface area contributed by atoms with Crippen LogP contribution in [-0.4, -0.2) is 22.2 Å². The van der Waals surface area contributed by atoms with E-state index in [9.17, 15) is 19.8 Å². The lowest BCUT2D eigenvalue weighted by atomic mass is 10.0. The number of carboxylic acid groups (broad SMARTS) is 2. The topological polar surface area (TPSA) is 77.8 Å². The van der Waals surface area contributed by atoms with Gasteiger partial charge >= 0.3 is 11.9 Å². The number of anilines is 3. The number of aryl methyl sites for hydroxylation is 4. The molecule has 0 saturated carbocycles. The Morgan fingerprint density at radius 3 is 1.28 bits per heavy atom. The summed E-state index contributed by atoms with van der Waals surface area (Å²) in [6.45, 7) is 12.2. The van der Waals surface area contributed by atoms with Crippen LogP contribution < -0.4 is 4.90 Å². The molecule has 0 amide bonds. The first-order valence-electron chi connectivity index (χ1n) is 18.0. The summed E-state index contributed by atoms with van der Waals surface area (Å²) in [6.07, 6.45) is 12.8. The quantitative estimate of drug-likeness (QED) is 0.0944. The summed E-state index contributed by atoms with van der Waals surface area (Å²) in [5.41, 5.74) is 14.8. The Bertz CT molecular complexity index is 2100. The van der Waals surface area contributed by atoms with E-state index in [2.05, 4.69) is 111 Å². The standard InChI is InChI=1S/C48H47NO4/c1-7-40(47(50)51)30-38-14-10-36(11-15-38)18-20-42-22-24-44(28-33(42)4)49(46-26-9-32(3)27-35(46)6)45-25-23-43(34(5)29-45)21-19-37-12-16-39(17-13-37)31-41(8-2)48(52)53/h9-31H,7-8H2,1-6H3,(H,50,51)(H,52,53)/b20-18+,21-19+,40-30+,41-31+. The number of benzene rings is 5. The fourth-order valence-electron chi connectivity index (χ4n) is 6.27. The van der Waals surface area contributed by atoms with E-state index in [1.807, 2.05) is 62.4 Å². The highest BCUT2D eigenvalue weighted by Gasteiger charge is 2.16. The van der Waals surface area contributed by atoms with Gasteiger partial charge in [-0.25, -0.2) is 9.59 Å². The van der Waals surface area contributed by atoms with Crippen molar-refractivity contribution in [1.82, 2.24) is 0 Å². The summed E-state index contributed by atoms with van der Waals surface area (Å²) < 4.78 is 0. The molecule has 0 spiro atoms. The molecule has 0 bridgehead atoms. The Morgan fingerprint density at radius 1 is 0.509 bits per heavy atom. The Balaban J connectivity index is 1.41.